The molecule has 1 aromatic rings. The van der Waals surface area contributed by atoms with Gasteiger partial charge in [-0.3, -0.25) is 4.79 Å². The van der Waals surface area contributed by atoms with Gasteiger partial charge in [-0.2, -0.15) is 4.72 Å². The normalized spacial score (nSPS) is 17.3. The van der Waals surface area contributed by atoms with E-state index in [4.69, 9.17) is 11.6 Å². The van der Waals surface area contributed by atoms with Gasteiger partial charge in [0.25, 0.3) is 0 Å². The first kappa shape index (κ1) is 17.2. The number of halogens is 1. The van der Waals surface area contributed by atoms with Crippen molar-refractivity contribution in [2.45, 2.75) is 43.5 Å². The lowest BCUT2D eigenvalue weighted by atomic mass is 10.1. The first-order valence-corrected chi connectivity index (χ1v) is 9.37. The number of carbonyl (C=O) groups is 1. The molecule has 0 spiro atoms. The molecule has 1 heterocycles. The maximum Gasteiger partial charge on any atom is 0.241 e. The molecule has 1 amide bonds. The van der Waals surface area contributed by atoms with Gasteiger partial charge in [-0.25, -0.2) is 8.42 Å². The lowest BCUT2D eigenvalue weighted by molar-refractivity contribution is -0.133. The largest absolute Gasteiger partial charge is 0.341 e. The molecule has 22 heavy (non-hydrogen) atoms. The average Bonchev–Trinajstić information content (AvgIpc) is 2.53. The zero-order chi connectivity index (χ0) is 16.2. The fraction of sp³-hybridized carbons (Fsp3) is 0.533. The van der Waals surface area contributed by atoms with E-state index in [1.165, 1.54) is 24.3 Å². The van der Waals surface area contributed by atoms with Crippen molar-refractivity contribution in [2.75, 3.05) is 13.1 Å². The number of piperidine rings is 1. The molecule has 0 aromatic heterocycles. The molecule has 1 unspecified atom stereocenters. The minimum absolute atomic E-state index is 0.113. The smallest absolute Gasteiger partial charge is 0.241 e. The molecule has 5 nitrogen and oxygen atoms in total. The molecular formula is C15H21ClN2O3S. The number of rotatable bonds is 5. The highest BCUT2D eigenvalue weighted by atomic mass is 35.5. The number of hydrogen-bond donors (Lipinski definition) is 1. The van der Waals surface area contributed by atoms with Gasteiger partial charge < -0.3 is 4.90 Å². The van der Waals surface area contributed by atoms with Crippen molar-refractivity contribution in [3.05, 3.63) is 29.3 Å². The highest BCUT2D eigenvalue weighted by molar-refractivity contribution is 7.89. The highest BCUT2D eigenvalue weighted by Gasteiger charge is 2.28. The van der Waals surface area contributed by atoms with Crippen LogP contribution in [0.2, 0.25) is 5.02 Å². The van der Waals surface area contributed by atoms with Gasteiger partial charge in [0.05, 0.1) is 4.90 Å². The van der Waals surface area contributed by atoms with Gasteiger partial charge in [0.15, 0.2) is 0 Å². The number of sulfonamides is 1. The van der Waals surface area contributed by atoms with E-state index in [-0.39, 0.29) is 10.8 Å². The molecule has 1 aliphatic heterocycles. The third-order valence-electron chi connectivity index (χ3n) is 3.80. The van der Waals surface area contributed by atoms with Gasteiger partial charge in [-0.05, 0) is 49.9 Å². The van der Waals surface area contributed by atoms with Gasteiger partial charge in [-0.15, -0.1) is 0 Å². The van der Waals surface area contributed by atoms with Crippen LogP contribution in [-0.2, 0) is 14.8 Å². The fourth-order valence-corrected chi connectivity index (χ4v) is 3.91. The maximum atomic E-state index is 12.5. The number of nitrogens with one attached hydrogen (secondary N) is 1. The number of likely N-dealkylation sites (tertiary alicyclic amines) is 1. The first-order valence-electron chi connectivity index (χ1n) is 7.50. The summed E-state index contributed by atoms with van der Waals surface area (Å²) >= 11 is 5.77. The van der Waals surface area contributed by atoms with Crippen LogP contribution in [-0.4, -0.2) is 38.4 Å². The lowest BCUT2D eigenvalue weighted by Crippen LogP contribution is -2.49. The van der Waals surface area contributed by atoms with Crippen molar-refractivity contribution in [3.8, 4) is 0 Å². The Hall–Kier alpha value is -1.11. The van der Waals surface area contributed by atoms with Crippen LogP contribution >= 0.6 is 11.6 Å². The van der Waals surface area contributed by atoms with Crippen LogP contribution in [0.15, 0.2) is 29.2 Å². The van der Waals surface area contributed by atoms with Crippen LogP contribution in [0.4, 0.5) is 0 Å². The van der Waals surface area contributed by atoms with E-state index in [1.807, 2.05) is 0 Å². The molecule has 0 radical (unpaired) electrons. The van der Waals surface area contributed by atoms with Crippen LogP contribution in [0.1, 0.15) is 32.6 Å². The SMILES string of the molecule is CCC(NS(=O)(=O)c1ccc(Cl)cc1)C(=O)N1CCCCC1. The Morgan fingerprint density at radius 2 is 1.82 bits per heavy atom. The predicted octanol–water partition coefficient (Wildman–Crippen LogP) is 2.41. The Kier molecular flexibility index (Phi) is 5.83. The first-order chi connectivity index (χ1) is 10.4. The molecule has 1 fully saturated rings. The second-order valence-electron chi connectivity index (χ2n) is 5.42. The van der Waals surface area contributed by atoms with Crippen molar-refractivity contribution in [3.63, 3.8) is 0 Å². The molecule has 2 rings (SSSR count). The van der Waals surface area contributed by atoms with E-state index >= 15 is 0 Å². The van der Waals surface area contributed by atoms with Gasteiger partial charge in [-0.1, -0.05) is 18.5 Å². The molecule has 0 bridgehead atoms. The lowest BCUT2D eigenvalue weighted by Gasteiger charge is -2.30. The van der Waals surface area contributed by atoms with Gasteiger partial charge >= 0.3 is 0 Å². The molecule has 1 N–H and O–H groups in total. The summed E-state index contributed by atoms with van der Waals surface area (Å²) in [5, 5.41) is 0.468. The molecule has 7 heteroatoms. The van der Waals surface area contributed by atoms with Crippen LogP contribution in [0.25, 0.3) is 0 Å². The molecule has 1 aromatic carbocycles. The summed E-state index contributed by atoms with van der Waals surface area (Å²) in [5.74, 6) is -0.139. The van der Waals surface area contributed by atoms with Gasteiger partial charge in [0.1, 0.15) is 6.04 Å². The Morgan fingerprint density at radius 1 is 1.23 bits per heavy atom. The standard InChI is InChI=1S/C15H21ClN2O3S/c1-2-14(15(19)18-10-4-3-5-11-18)17-22(20,21)13-8-6-12(16)7-9-13/h6-9,14,17H,2-5,10-11H2,1H3. The zero-order valence-corrected chi connectivity index (χ0v) is 14.2. The van der Waals surface area contributed by atoms with E-state index in [0.29, 0.717) is 24.5 Å². The summed E-state index contributed by atoms with van der Waals surface area (Å²) in [6.07, 6.45) is 3.50. The van der Waals surface area contributed by atoms with Crippen LogP contribution < -0.4 is 4.72 Å². The van der Waals surface area contributed by atoms with Gasteiger partial charge in [0, 0.05) is 18.1 Å². The number of carbonyl (C=O) groups excluding carboxylic acids is 1. The summed E-state index contributed by atoms with van der Waals surface area (Å²) in [5.41, 5.74) is 0. The summed E-state index contributed by atoms with van der Waals surface area (Å²) < 4.78 is 27.3. The quantitative estimate of drug-likeness (QED) is 0.892. The van der Waals surface area contributed by atoms with Crippen molar-refractivity contribution in [2.24, 2.45) is 0 Å². The Balaban J connectivity index is 2.11. The van der Waals surface area contributed by atoms with E-state index < -0.39 is 16.1 Å². The van der Waals surface area contributed by atoms with E-state index in [2.05, 4.69) is 4.72 Å². The molecule has 0 saturated carbocycles. The van der Waals surface area contributed by atoms with Crippen LogP contribution in [0.3, 0.4) is 0 Å². The highest BCUT2D eigenvalue weighted by Crippen LogP contribution is 2.16. The van der Waals surface area contributed by atoms with Crippen molar-refractivity contribution < 1.29 is 13.2 Å². The number of hydrogen-bond acceptors (Lipinski definition) is 3. The van der Waals surface area contributed by atoms with Crippen LogP contribution in [0, 0.1) is 0 Å². The van der Waals surface area contributed by atoms with Gasteiger partial charge in [0.2, 0.25) is 15.9 Å². The maximum absolute atomic E-state index is 12.5. The fourth-order valence-electron chi connectivity index (χ4n) is 2.51. The third-order valence-corrected chi connectivity index (χ3v) is 5.53. The third kappa shape index (κ3) is 4.21. The second kappa shape index (κ2) is 7.44. The van der Waals surface area contributed by atoms with E-state index in [1.54, 1.807) is 11.8 Å². The summed E-state index contributed by atoms with van der Waals surface area (Å²) in [7, 11) is -3.73. The minimum atomic E-state index is -3.73. The molecular weight excluding hydrogens is 324 g/mol. The Bertz CT molecular complexity index is 610. The summed E-state index contributed by atoms with van der Waals surface area (Å²) in [6.45, 7) is 3.22. The Labute approximate surface area is 136 Å². The molecule has 1 saturated heterocycles. The zero-order valence-electron chi connectivity index (χ0n) is 12.6. The number of amides is 1. The summed E-state index contributed by atoms with van der Waals surface area (Å²) in [4.78, 5) is 14.3. The topological polar surface area (TPSA) is 66.5 Å². The van der Waals surface area contributed by atoms with Crippen molar-refractivity contribution in [1.82, 2.24) is 9.62 Å². The number of nitrogens with zero attached hydrogens (tertiary/aromatic N) is 1. The van der Waals surface area contributed by atoms with Crippen LogP contribution in [0.5, 0.6) is 0 Å². The number of benzene rings is 1. The van der Waals surface area contributed by atoms with Crippen molar-refractivity contribution in [1.29, 1.82) is 0 Å². The van der Waals surface area contributed by atoms with Crippen molar-refractivity contribution >= 4 is 27.5 Å². The second-order valence-corrected chi connectivity index (χ2v) is 7.57. The monoisotopic (exact) mass is 344 g/mol. The van der Waals surface area contributed by atoms with E-state index in [9.17, 15) is 13.2 Å². The predicted molar refractivity (Wildman–Crippen MR) is 86.3 cm³/mol. The molecule has 1 atom stereocenters. The molecule has 122 valence electrons. The molecule has 1 aliphatic rings. The molecule has 0 aliphatic carbocycles. The average molecular weight is 345 g/mol. The van der Waals surface area contributed by atoms with E-state index in [0.717, 1.165) is 19.3 Å². The minimum Gasteiger partial charge on any atom is -0.341 e. The summed E-state index contributed by atoms with van der Waals surface area (Å²) in [6, 6.07) is 5.18. The Morgan fingerprint density at radius 3 is 2.36 bits per heavy atom.